The zero-order valence-electron chi connectivity index (χ0n) is 14.0. The van der Waals surface area contributed by atoms with Crippen molar-refractivity contribution in [2.45, 2.75) is 25.7 Å². The van der Waals surface area contributed by atoms with E-state index in [0.29, 0.717) is 37.2 Å². The lowest BCUT2D eigenvalue weighted by molar-refractivity contribution is -0.143. The molecule has 0 unspecified atom stereocenters. The van der Waals surface area contributed by atoms with Crippen LogP contribution in [0.15, 0.2) is 36.4 Å². The quantitative estimate of drug-likeness (QED) is 0.823. The Labute approximate surface area is 146 Å². The van der Waals surface area contributed by atoms with Gasteiger partial charge in [0.1, 0.15) is 0 Å². The maximum Gasteiger partial charge on any atom is 0.306 e. The molecule has 1 saturated heterocycles. The van der Waals surface area contributed by atoms with Crippen molar-refractivity contribution in [2.24, 2.45) is 11.8 Å². The minimum atomic E-state index is -0.787. The number of nitrogens with zero attached hydrogens (tertiary/aromatic N) is 1. The number of likely N-dealkylation sites (tertiary alicyclic amines) is 1. The fourth-order valence-corrected chi connectivity index (χ4v) is 3.28. The van der Waals surface area contributed by atoms with Gasteiger partial charge in [0.15, 0.2) is 0 Å². The summed E-state index contributed by atoms with van der Waals surface area (Å²) in [7, 11) is 0. The van der Waals surface area contributed by atoms with Gasteiger partial charge < -0.3 is 15.3 Å². The summed E-state index contributed by atoms with van der Waals surface area (Å²) in [5.41, 5.74) is 1.23. The van der Waals surface area contributed by atoms with Gasteiger partial charge in [-0.1, -0.05) is 12.2 Å². The number of rotatable bonds is 4. The molecule has 0 saturated carbocycles. The first kappa shape index (κ1) is 17.2. The average Bonchev–Trinajstić information content (AvgIpc) is 3.17. The molecule has 0 bridgehead atoms. The van der Waals surface area contributed by atoms with Crippen molar-refractivity contribution in [1.29, 1.82) is 0 Å². The van der Waals surface area contributed by atoms with Crippen molar-refractivity contribution in [2.75, 3.05) is 18.4 Å². The van der Waals surface area contributed by atoms with Crippen molar-refractivity contribution >= 4 is 23.5 Å². The first-order valence-electron chi connectivity index (χ1n) is 8.62. The van der Waals surface area contributed by atoms with Crippen molar-refractivity contribution in [3.63, 3.8) is 0 Å². The first-order chi connectivity index (χ1) is 12.0. The Hall–Kier alpha value is -2.63. The molecular formula is C19H22N2O4. The Kier molecular flexibility index (Phi) is 5.16. The van der Waals surface area contributed by atoms with Crippen LogP contribution in [0.2, 0.25) is 0 Å². The molecule has 6 nitrogen and oxygen atoms in total. The molecule has 1 heterocycles. The minimum absolute atomic E-state index is 0.000167. The lowest BCUT2D eigenvalue weighted by atomic mass is 9.96. The second-order valence-corrected chi connectivity index (χ2v) is 6.61. The van der Waals surface area contributed by atoms with E-state index in [1.807, 2.05) is 12.2 Å². The second kappa shape index (κ2) is 7.51. The molecule has 6 heteroatoms. The molecule has 132 valence electrons. The SMILES string of the molecule is O=C(O)C1CCN(C(=O)c2ccc(NC(=O)C3CC=CC3)cc2)CC1. The van der Waals surface area contributed by atoms with Gasteiger partial charge in [-0.2, -0.15) is 0 Å². The van der Waals surface area contributed by atoms with Gasteiger partial charge >= 0.3 is 5.97 Å². The highest BCUT2D eigenvalue weighted by Crippen LogP contribution is 2.22. The number of nitrogens with one attached hydrogen (secondary N) is 1. The van der Waals surface area contributed by atoms with Gasteiger partial charge in [0.25, 0.3) is 5.91 Å². The van der Waals surface area contributed by atoms with E-state index in [4.69, 9.17) is 5.11 Å². The maximum absolute atomic E-state index is 12.5. The number of amides is 2. The van der Waals surface area contributed by atoms with Crippen molar-refractivity contribution < 1.29 is 19.5 Å². The summed E-state index contributed by atoms with van der Waals surface area (Å²) in [4.78, 5) is 37.3. The number of benzene rings is 1. The second-order valence-electron chi connectivity index (χ2n) is 6.61. The third-order valence-corrected chi connectivity index (χ3v) is 4.91. The minimum Gasteiger partial charge on any atom is -0.481 e. The number of hydrogen-bond donors (Lipinski definition) is 2. The van der Waals surface area contributed by atoms with Crippen LogP contribution in [0.25, 0.3) is 0 Å². The number of anilines is 1. The van der Waals surface area contributed by atoms with E-state index in [2.05, 4.69) is 5.32 Å². The van der Waals surface area contributed by atoms with Crippen LogP contribution in [-0.4, -0.2) is 40.9 Å². The number of carbonyl (C=O) groups excluding carboxylic acids is 2. The summed E-state index contributed by atoms with van der Waals surface area (Å²) in [5.74, 6) is -1.24. The summed E-state index contributed by atoms with van der Waals surface area (Å²) in [5, 5.41) is 11.9. The molecular weight excluding hydrogens is 320 g/mol. The number of piperidine rings is 1. The molecule has 2 N–H and O–H groups in total. The fraction of sp³-hybridized carbons (Fsp3) is 0.421. The summed E-state index contributed by atoms with van der Waals surface area (Å²) >= 11 is 0. The van der Waals surface area contributed by atoms with E-state index in [1.54, 1.807) is 29.2 Å². The van der Waals surface area contributed by atoms with Gasteiger partial charge in [0.2, 0.25) is 5.91 Å². The monoisotopic (exact) mass is 342 g/mol. The predicted molar refractivity (Wildman–Crippen MR) is 93.2 cm³/mol. The van der Waals surface area contributed by atoms with Gasteiger partial charge in [0, 0.05) is 30.3 Å². The summed E-state index contributed by atoms with van der Waals surface area (Å²) in [6, 6.07) is 6.87. The predicted octanol–water partition coefficient (Wildman–Crippen LogP) is 2.53. The van der Waals surface area contributed by atoms with E-state index in [9.17, 15) is 14.4 Å². The Morgan fingerprint density at radius 3 is 2.12 bits per heavy atom. The Morgan fingerprint density at radius 2 is 1.56 bits per heavy atom. The van der Waals surface area contributed by atoms with E-state index in [1.165, 1.54) is 0 Å². The summed E-state index contributed by atoms with van der Waals surface area (Å²) in [6.07, 6.45) is 6.55. The topological polar surface area (TPSA) is 86.7 Å². The number of carboxylic acids is 1. The molecule has 2 amide bonds. The lowest BCUT2D eigenvalue weighted by Gasteiger charge is -2.30. The first-order valence-corrected chi connectivity index (χ1v) is 8.62. The molecule has 25 heavy (non-hydrogen) atoms. The van der Waals surface area contributed by atoms with Crippen LogP contribution >= 0.6 is 0 Å². The van der Waals surface area contributed by atoms with E-state index >= 15 is 0 Å². The van der Waals surface area contributed by atoms with Crippen molar-refractivity contribution in [3.8, 4) is 0 Å². The smallest absolute Gasteiger partial charge is 0.306 e. The van der Waals surface area contributed by atoms with E-state index < -0.39 is 5.97 Å². The Balaban J connectivity index is 1.55. The van der Waals surface area contributed by atoms with Crippen molar-refractivity contribution in [1.82, 2.24) is 4.90 Å². The molecule has 0 radical (unpaired) electrons. The molecule has 1 fully saturated rings. The van der Waals surface area contributed by atoms with Crippen LogP contribution in [-0.2, 0) is 9.59 Å². The van der Waals surface area contributed by atoms with Crippen LogP contribution in [0.1, 0.15) is 36.0 Å². The molecule has 0 atom stereocenters. The van der Waals surface area contributed by atoms with Crippen molar-refractivity contribution in [3.05, 3.63) is 42.0 Å². The zero-order chi connectivity index (χ0) is 17.8. The maximum atomic E-state index is 12.5. The van der Waals surface area contributed by atoms with Gasteiger partial charge in [-0.3, -0.25) is 14.4 Å². The summed E-state index contributed by atoms with van der Waals surface area (Å²) in [6.45, 7) is 0.923. The number of carbonyl (C=O) groups is 3. The zero-order valence-corrected chi connectivity index (χ0v) is 14.0. The average molecular weight is 342 g/mol. The molecule has 2 aliphatic rings. The third-order valence-electron chi connectivity index (χ3n) is 4.91. The van der Waals surface area contributed by atoms with Crippen LogP contribution in [0.4, 0.5) is 5.69 Å². The Bertz CT molecular complexity index is 680. The molecule has 1 aliphatic heterocycles. The fourth-order valence-electron chi connectivity index (χ4n) is 3.28. The highest BCUT2D eigenvalue weighted by atomic mass is 16.4. The number of aliphatic carboxylic acids is 1. The van der Waals surface area contributed by atoms with Gasteiger partial charge in [-0.25, -0.2) is 0 Å². The molecule has 1 aromatic rings. The largest absolute Gasteiger partial charge is 0.481 e. The number of allylic oxidation sites excluding steroid dienone is 2. The number of carboxylic acid groups (broad SMARTS) is 1. The van der Waals surface area contributed by atoms with E-state index in [-0.39, 0.29) is 23.7 Å². The molecule has 1 aliphatic carbocycles. The highest BCUT2D eigenvalue weighted by molar-refractivity contribution is 5.96. The van der Waals surface area contributed by atoms with Crippen LogP contribution < -0.4 is 5.32 Å². The van der Waals surface area contributed by atoms with Crippen LogP contribution in [0.5, 0.6) is 0 Å². The standard InChI is InChI=1S/C19H22N2O4/c22-17(13-3-1-2-4-13)20-16-7-5-14(6-8-16)18(23)21-11-9-15(10-12-21)19(24)25/h1-2,5-8,13,15H,3-4,9-12H2,(H,20,22)(H,24,25). The van der Waals surface area contributed by atoms with Gasteiger partial charge in [0.05, 0.1) is 5.92 Å². The highest BCUT2D eigenvalue weighted by Gasteiger charge is 2.27. The molecule has 0 aromatic heterocycles. The molecule has 0 spiro atoms. The van der Waals surface area contributed by atoms with Crippen LogP contribution in [0, 0.1) is 11.8 Å². The van der Waals surface area contributed by atoms with E-state index in [0.717, 1.165) is 12.8 Å². The van der Waals surface area contributed by atoms with Crippen LogP contribution in [0.3, 0.4) is 0 Å². The molecule has 1 aromatic carbocycles. The third kappa shape index (κ3) is 4.07. The molecule has 3 rings (SSSR count). The normalized spacial score (nSPS) is 18.3. The van der Waals surface area contributed by atoms with Gasteiger partial charge in [-0.15, -0.1) is 0 Å². The Morgan fingerprint density at radius 1 is 0.960 bits per heavy atom. The number of hydrogen-bond acceptors (Lipinski definition) is 3. The van der Waals surface area contributed by atoms with Gasteiger partial charge in [-0.05, 0) is 49.9 Å². The summed E-state index contributed by atoms with van der Waals surface area (Å²) < 4.78 is 0. The lowest BCUT2D eigenvalue weighted by Crippen LogP contribution is -2.40.